The van der Waals surface area contributed by atoms with Crippen molar-refractivity contribution >= 4 is 29.0 Å². The number of nitrogens with zero attached hydrogens (tertiary/aromatic N) is 2. The third-order valence-electron chi connectivity index (χ3n) is 3.03. The molecule has 7 heteroatoms. The summed E-state index contributed by atoms with van der Waals surface area (Å²) >= 11 is 1.47. The summed E-state index contributed by atoms with van der Waals surface area (Å²) in [4.78, 5) is 23.9. The van der Waals surface area contributed by atoms with Crippen LogP contribution < -0.4 is 5.32 Å². The zero-order chi connectivity index (χ0) is 15.2. The molecule has 0 aliphatic heterocycles. The molecule has 0 unspecified atom stereocenters. The number of anilines is 1. The van der Waals surface area contributed by atoms with Crippen LogP contribution in [-0.4, -0.2) is 26.8 Å². The van der Waals surface area contributed by atoms with Gasteiger partial charge in [0, 0.05) is 36.0 Å². The van der Waals surface area contributed by atoms with Crippen LogP contribution in [0, 0.1) is 0 Å². The van der Waals surface area contributed by atoms with Gasteiger partial charge in [-0.05, 0) is 18.4 Å². The molecule has 0 aliphatic rings. The van der Waals surface area contributed by atoms with Gasteiger partial charge < -0.3 is 10.4 Å². The largest absolute Gasteiger partial charge is 0.481 e. The first-order valence-corrected chi connectivity index (χ1v) is 7.55. The zero-order valence-electron chi connectivity index (χ0n) is 11.7. The van der Waals surface area contributed by atoms with Gasteiger partial charge in [0.25, 0.3) is 0 Å². The van der Waals surface area contributed by atoms with E-state index in [-0.39, 0.29) is 24.7 Å². The fourth-order valence-electron chi connectivity index (χ4n) is 2.03. The molecule has 0 aliphatic carbocycles. The fourth-order valence-corrected chi connectivity index (χ4v) is 2.86. The highest BCUT2D eigenvalue weighted by atomic mass is 32.1. The minimum Gasteiger partial charge on any atom is -0.481 e. The highest BCUT2D eigenvalue weighted by Crippen LogP contribution is 2.28. The summed E-state index contributed by atoms with van der Waals surface area (Å²) in [5.74, 6) is -0.953. The summed E-state index contributed by atoms with van der Waals surface area (Å²) in [5, 5.41) is 17.7. The number of carbonyl (C=O) groups is 2. The van der Waals surface area contributed by atoms with E-state index in [2.05, 4.69) is 10.4 Å². The average Bonchev–Trinajstić information content (AvgIpc) is 3.08. The number of aryl methyl sites for hydroxylation is 1. The molecule has 2 aromatic heterocycles. The lowest BCUT2D eigenvalue weighted by Crippen LogP contribution is -2.17. The summed E-state index contributed by atoms with van der Waals surface area (Å²) in [5.41, 5.74) is 0. The molecule has 1 atom stereocenters. The van der Waals surface area contributed by atoms with Gasteiger partial charge >= 0.3 is 5.97 Å². The van der Waals surface area contributed by atoms with E-state index >= 15 is 0 Å². The Balaban J connectivity index is 1.99. The van der Waals surface area contributed by atoms with E-state index in [1.165, 1.54) is 11.3 Å². The van der Waals surface area contributed by atoms with Crippen LogP contribution in [0.3, 0.4) is 0 Å². The quantitative estimate of drug-likeness (QED) is 0.823. The Hall–Kier alpha value is -2.15. The molecule has 0 radical (unpaired) electrons. The van der Waals surface area contributed by atoms with E-state index in [1.54, 1.807) is 16.9 Å². The van der Waals surface area contributed by atoms with Crippen LogP contribution in [0.1, 0.15) is 30.6 Å². The predicted octanol–water partition coefficient (Wildman–Crippen LogP) is 2.55. The van der Waals surface area contributed by atoms with Gasteiger partial charge in [-0.15, -0.1) is 11.3 Å². The summed E-state index contributed by atoms with van der Waals surface area (Å²) in [7, 11) is 0. The lowest BCUT2D eigenvalue weighted by molar-refractivity contribution is -0.137. The van der Waals surface area contributed by atoms with Crippen molar-refractivity contribution in [2.24, 2.45) is 0 Å². The van der Waals surface area contributed by atoms with Crippen LogP contribution in [0.2, 0.25) is 0 Å². The molecule has 0 bridgehead atoms. The van der Waals surface area contributed by atoms with E-state index in [9.17, 15) is 9.59 Å². The fraction of sp³-hybridized carbons (Fsp3) is 0.357. The van der Waals surface area contributed by atoms with E-state index in [0.29, 0.717) is 5.82 Å². The molecule has 2 heterocycles. The first-order chi connectivity index (χ1) is 10.1. The number of carboxylic acids is 1. The van der Waals surface area contributed by atoms with Crippen molar-refractivity contribution in [2.45, 2.75) is 32.2 Å². The van der Waals surface area contributed by atoms with Gasteiger partial charge in [-0.3, -0.25) is 14.3 Å². The molecule has 2 aromatic rings. The summed E-state index contributed by atoms with van der Waals surface area (Å²) in [6.07, 6.45) is 1.85. The highest BCUT2D eigenvalue weighted by Gasteiger charge is 2.20. The van der Waals surface area contributed by atoms with Gasteiger partial charge in [0.2, 0.25) is 5.91 Å². The van der Waals surface area contributed by atoms with Crippen molar-refractivity contribution in [2.75, 3.05) is 5.32 Å². The maximum atomic E-state index is 12.0. The number of carboxylic acid groups (broad SMARTS) is 1. The van der Waals surface area contributed by atoms with E-state index in [0.717, 1.165) is 11.4 Å². The number of aliphatic carboxylic acids is 1. The number of aromatic nitrogens is 2. The van der Waals surface area contributed by atoms with Crippen molar-refractivity contribution < 1.29 is 14.7 Å². The van der Waals surface area contributed by atoms with Gasteiger partial charge in [0.15, 0.2) is 5.82 Å². The molecule has 0 spiro atoms. The second-order valence-corrected chi connectivity index (χ2v) is 5.60. The van der Waals surface area contributed by atoms with Gasteiger partial charge in [-0.2, -0.15) is 5.10 Å². The Bertz CT molecular complexity index is 607. The summed E-state index contributed by atoms with van der Waals surface area (Å²) in [6, 6.07) is 5.44. The van der Waals surface area contributed by atoms with Crippen molar-refractivity contribution in [3.05, 3.63) is 34.7 Å². The Morgan fingerprint density at radius 2 is 2.24 bits per heavy atom. The Morgan fingerprint density at radius 1 is 1.43 bits per heavy atom. The van der Waals surface area contributed by atoms with E-state index < -0.39 is 5.97 Å². The molecule has 0 fully saturated rings. The Morgan fingerprint density at radius 3 is 2.81 bits per heavy atom. The lowest BCUT2D eigenvalue weighted by Gasteiger charge is -2.12. The molecule has 0 saturated heterocycles. The lowest BCUT2D eigenvalue weighted by atomic mass is 9.99. The third-order valence-corrected chi connectivity index (χ3v) is 4.07. The number of carbonyl (C=O) groups excluding carboxylic acids is 1. The second-order valence-electron chi connectivity index (χ2n) is 4.62. The van der Waals surface area contributed by atoms with Crippen molar-refractivity contribution in [3.8, 4) is 0 Å². The second kappa shape index (κ2) is 7.03. The highest BCUT2D eigenvalue weighted by molar-refractivity contribution is 7.10. The third kappa shape index (κ3) is 4.42. The first-order valence-electron chi connectivity index (χ1n) is 6.67. The summed E-state index contributed by atoms with van der Waals surface area (Å²) < 4.78 is 1.71. The van der Waals surface area contributed by atoms with Gasteiger partial charge in [-0.25, -0.2) is 0 Å². The number of nitrogens with one attached hydrogen (secondary N) is 1. The van der Waals surface area contributed by atoms with Crippen LogP contribution in [0.15, 0.2) is 29.8 Å². The van der Waals surface area contributed by atoms with Gasteiger partial charge in [0.05, 0.1) is 6.42 Å². The summed E-state index contributed by atoms with van der Waals surface area (Å²) in [6.45, 7) is 2.69. The maximum absolute atomic E-state index is 12.0. The predicted molar refractivity (Wildman–Crippen MR) is 80.5 cm³/mol. The topological polar surface area (TPSA) is 84.2 Å². The monoisotopic (exact) mass is 307 g/mol. The molecule has 2 N–H and O–H groups in total. The van der Waals surface area contributed by atoms with Crippen LogP contribution in [-0.2, 0) is 16.1 Å². The Kier molecular flexibility index (Phi) is 5.10. The number of amides is 1. The maximum Gasteiger partial charge on any atom is 0.304 e. The molecule has 21 heavy (non-hydrogen) atoms. The van der Waals surface area contributed by atoms with Crippen molar-refractivity contribution in [1.82, 2.24) is 9.78 Å². The molecular weight excluding hydrogens is 290 g/mol. The number of rotatable bonds is 7. The van der Waals surface area contributed by atoms with Crippen molar-refractivity contribution in [3.63, 3.8) is 0 Å². The SMILES string of the molecule is CCn1ccc(NC(=O)C[C@H](CC(=O)O)c2cccs2)n1. The average molecular weight is 307 g/mol. The smallest absolute Gasteiger partial charge is 0.304 e. The molecule has 0 saturated carbocycles. The van der Waals surface area contributed by atoms with Crippen LogP contribution in [0.25, 0.3) is 0 Å². The Labute approximate surface area is 126 Å². The van der Waals surface area contributed by atoms with Crippen LogP contribution in [0.4, 0.5) is 5.82 Å². The minimum absolute atomic E-state index is 0.0582. The standard InChI is InChI=1S/C14H17N3O3S/c1-2-17-6-5-12(16-17)15-13(18)8-10(9-14(19)20)11-4-3-7-21-11/h3-7,10H,2,8-9H2,1H3,(H,19,20)(H,15,16,18)/t10-/m1/s1. The van der Waals surface area contributed by atoms with Crippen LogP contribution >= 0.6 is 11.3 Å². The number of hydrogen-bond acceptors (Lipinski definition) is 4. The molecule has 0 aromatic carbocycles. The number of hydrogen-bond donors (Lipinski definition) is 2. The molecule has 6 nitrogen and oxygen atoms in total. The van der Waals surface area contributed by atoms with E-state index in [1.807, 2.05) is 24.4 Å². The molecular formula is C14H17N3O3S. The molecule has 2 rings (SSSR count). The number of thiophene rings is 1. The first kappa shape index (κ1) is 15.2. The van der Waals surface area contributed by atoms with Crippen molar-refractivity contribution in [1.29, 1.82) is 0 Å². The van der Waals surface area contributed by atoms with Gasteiger partial charge in [0.1, 0.15) is 0 Å². The molecule has 112 valence electrons. The molecule has 1 amide bonds. The minimum atomic E-state index is -0.906. The van der Waals surface area contributed by atoms with Gasteiger partial charge in [-0.1, -0.05) is 6.07 Å². The zero-order valence-corrected chi connectivity index (χ0v) is 12.5. The van der Waals surface area contributed by atoms with Crippen LogP contribution in [0.5, 0.6) is 0 Å². The normalized spacial score (nSPS) is 12.0. The van der Waals surface area contributed by atoms with E-state index in [4.69, 9.17) is 5.11 Å².